The van der Waals surface area contributed by atoms with E-state index >= 15 is 0 Å². The minimum Gasteiger partial charge on any atom is -0.445 e. The van der Waals surface area contributed by atoms with Crippen molar-refractivity contribution in [2.75, 3.05) is 6.54 Å². The van der Waals surface area contributed by atoms with Crippen LogP contribution in [0.5, 0.6) is 0 Å². The molecule has 11 nitrogen and oxygen atoms in total. The van der Waals surface area contributed by atoms with Gasteiger partial charge in [0.05, 0.1) is 0 Å². The fourth-order valence-corrected chi connectivity index (χ4v) is 4.27. The number of carbonyl (C=O) groups is 4. The molecule has 0 radical (unpaired) electrons. The van der Waals surface area contributed by atoms with Crippen LogP contribution in [0.1, 0.15) is 53.0 Å². The molecule has 0 bridgehead atoms. The predicted octanol–water partition coefficient (Wildman–Crippen LogP) is 2.22. The first-order chi connectivity index (χ1) is 17.6. The largest absolute Gasteiger partial charge is 0.445 e. The van der Waals surface area contributed by atoms with Crippen molar-refractivity contribution < 1.29 is 28.8 Å². The number of ether oxygens (including phenoxy) is 1. The molecule has 2 unspecified atom stereocenters. The van der Waals surface area contributed by atoms with Gasteiger partial charge < -0.3 is 20.3 Å². The second-order valence-electron chi connectivity index (χ2n) is 9.98. The molecule has 0 saturated carbocycles. The molecule has 2 aliphatic rings. The third-order valence-corrected chi connectivity index (χ3v) is 6.35. The topological polar surface area (TPSA) is 130 Å². The Morgan fingerprint density at radius 3 is 2.27 bits per heavy atom. The Hall–Kier alpha value is -3.47. The summed E-state index contributed by atoms with van der Waals surface area (Å²) >= 11 is 0. The van der Waals surface area contributed by atoms with Gasteiger partial charge in [-0.15, -0.1) is 0 Å². The van der Waals surface area contributed by atoms with Gasteiger partial charge in [-0.1, -0.05) is 58.0 Å². The number of likely N-dealkylation sites (tertiary alicyclic amines) is 1. The molecule has 11 heteroatoms. The quantitative estimate of drug-likeness (QED) is 0.519. The molecule has 1 fully saturated rings. The van der Waals surface area contributed by atoms with E-state index in [2.05, 4.69) is 15.6 Å². The van der Waals surface area contributed by atoms with Crippen LogP contribution < -0.4 is 10.6 Å². The molecule has 4 amide bonds. The Bertz CT molecular complexity index is 998. The lowest BCUT2D eigenvalue weighted by molar-refractivity contribution is -0.170. The van der Waals surface area contributed by atoms with Crippen molar-refractivity contribution in [3.63, 3.8) is 0 Å². The molecule has 1 aromatic rings. The maximum atomic E-state index is 13.5. The number of hydrogen-bond acceptors (Lipinski definition) is 7. The summed E-state index contributed by atoms with van der Waals surface area (Å²) < 4.78 is 5.29. The maximum absolute atomic E-state index is 13.5. The zero-order chi connectivity index (χ0) is 27.1. The maximum Gasteiger partial charge on any atom is 0.408 e. The van der Waals surface area contributed by atoms with Crippen LogP contribution in [0.4, 0.5) is 4.79 Å². The van der Waals surface area contributed by atoms with Gasteiger partial charge in [0.15, 0.2) is 6.23 Å². The molecular formula is C26H37N5O6. The first-order valence-corrected chi connectivity index (χ1v) is 12.7. The fourth-order valence-electron chi connectivity index (χ4n) is 4.27. The van der Waals surface area contributed by atoms with Gasteiger partial charge in [0.1, 0.15) is 31.1 Å². The highest BCUT2D eigenvalue weighted by Crippen LogP contribution is 2.22. The van der Waals surface area contributed by atoms with Crippen LogP contribution in [0.3, 0.4) is 0 Å². The lowest BCUT2D eigenvalue weighted by atomic mass is 10.0. The number of alkyl carbamates (subject to hydrolysis) is 1. The van der Waals surface area contributed by atoms with E-state index < -0.39 is 42.3 Å². The summed E-state index contributed by atoms with van der Waals surface area (Å²) in [7, 11) is 0. The molecule has 3 rings (SSSR count). The van der Waals surface area contributed by atoms with Crippen LogP contribution in [0.2, 0.25) is 0 Å². The second-order valence-corrected chi connectivity index (χ2v) is 9.98. The van der Waals surface area contributed by atoms with Crippen LogP contribution in [-0.2, 0) is 30.6 Å². The third kappa shape index (κ3) is 7.28. The Balaban J connectivity index is 1.63. The van der Waals surface area contributed by atoms with E-state index in [1.807, 2.05) is 58.0 Å². The SMILES string of the molecule is CC1N=CN(C(=O)C(NC(=O)[C@@H]2CCCN2C(=O)[C@@H](NC(=O)OCc2ccccc2)C(C)C)C(C)C)O1. The Morgan fingerprint density at radius 1 is 1.03 bits per heavy atom. The molecule has 2 N–H and O–H groups in total. The van der Waals surface area contributed by atoms with Crippen LogP contribution in [0.15, 0.2) is 35.3 Å². The summed E-state index contributed by atoms with van der Waals surface area (Å²) in [5.41, 5.74) is 0.829. The van der Waals surface area contributed by atoms with Crippen molar-refractivity contribution in [1.82, 2.24) is 20.6 Å². The number of nitrogens with zero attached hydrogens (tertiary/aromatic N) is 3. The van der Waals surface area contributed by atoms with Gasteiger partial charge in [0, 0.05) is 6.54 Å². The van der Waals surface area contributed by atoms with Crippen molar-refractivity contribution >= 4 is 30.2 Å². The lowest BCUT2D eigenvalue weighted by Gasteiger charge is -2.32. The van der Waals surface area contributed by atoms with Crippen LogP contribution in [0.25, 0.3) is 0 Å². The third-order valence-electron chi connectivity index (χ3n) is 6.35. The van der Waals surface area contributed by atoms with Crippen molar-refractivity contribution in [2.24, 2.45) is 16.8 Å². The summed E-state index contributed by atoms with van der Waals surface area (Å²) in [6, 6.07) is 6.77. The minimum atomic E-state index is -0.866. The van der Waals surface area contributed by atoms with Gasteiger partial charge in [-0.2, -0.15) is 5.06 Å². The van der Waals surface area contributed by atoms with Crippen molar-refractivity contribution in [1.29, 1.82) is 0 Å². The number of hydrogen-bond donors (Lipinski definition) is 2. The summed E-state index contributed by atoms with van der Waals surface area (Å²) in [4.78, 5) is 63.0. The minimum absolute atomic E-state index is 0.0786. The zero-order valence-corrected chi connectivity index (χ0v) is 22.0. The number of benzene rings is 1. The number of amides is 4. The van der Waals surface area contributed by atoms with E-state index in [9.17, 15) is 19.2 Å². The van der Waals surface area contributed by atoms with Gasteiger partial charge in [-0.3, -0.25) is 14.4 Å². The number of aliphatic imine (C=N–C) groups is 1. The van der Waals surface area contributed by atoms with E-state index in [4.69, 9.17) is 9.57 Å². The van der Waals surface area contributed by atoms with Crippen molar-refractivity contribution in [3.8, 4) is 0 Å². The number of rotatable bonds is 9. The zero-order valence-electron chi connectivity index (χ0n) is 22.0. The normalized spacial score (nSPS) is 20.7. The predicted molar refractivity (Wildman–Crippen MR) is 136 cm³/mol. The monoisotopic (exact) mass is 515 g/mol. The molecule has 1 saturated heterocycles. The molecule has 0 spiro atoms. The standard InChI is InChI=1S/C26H37N5O6/c1-16(2)21(29-26(35)36-14-19-10-7-6-8-11-19)24(33)30-13-9-12-20(30)23(32)28-22(17(3)4)25(34)31-15-27-18(5)37-31/h6-8,10-11,15-18,20-22H,9,12-14H2,1-5H3,(H,28,32)(H,29,35)/t18?,20-,21-,22?/m0/s1. The summed E-state index contributed by atoms with van der Waals surface area (Å²) in [5, 5.41) is 6.50. The van der Waals surface area contributed by atoms with E-state index in [0.29, 0.717) is 19.4 Å². The molecule has 0 aromatic heterocycles. The average molecular weight is 516 g/mol. The number of carbonyl (C=O) groups excluding carboxylic acids is 4. The van der Waals surface area contributed by atoms with Gasteiger partial charge in [0.25, 0.3) is 5.91 Å². The summed E-state index contributed by atoms with van der Waals surface area (Å²) in [5.74, 6) is -1.67. The molecule has 4 atom stereocenters. The molecule has 1 aromatic carbocycles. The smallest absolute Gasteiger partial charge is 0.408 e. The first-order valence-electron chi connectivity index (χ1n) is 12.7. The summed E-state index contributed by atoms with van der Waals surface area (Å²) in [6.07, 6.45) is 1.21. The Labute approximate surface area is 217 Å². The molecule has 2 heterocycles. The van der Waals surface area contributed by atoms with E-state index in [1.54, 1.807) is 6.92 Å². The molecular weight excluding hydrogens is 478 g/mol. The highest BCUT2D eigenvalue weighted by atomic mass is 16.7. The van der Waals surface area contributed by atoms with E-state index in [0.717, 1.165) is 10.6 Å². The molecule has 202 valence electrons. The van der Waals surface area contributed by atoms with Crippen LogP contribution >= 0.6 is 0 Å². The van der Waals surface area contributed by atoms with Gasteiger partial charge >= 0.3 is 6.09 Å². The van der Waals surface area contributed by atoms with Gasteiger partial charge in [-0.25, -0.2) is 14.6 Å². The highest BCUT2D eigenvalue weighted by Gasteiger charge is 2.41. The van der Waals surface area contributed by atoms with E-state index in [1.165, 1.54) is 11.2 Å². The van der Waals surface area contributed by atoms with Crippen LogP contribution in [0, 0.1) is 11.8 Å². The molecule has 37 heavy (non-hydrogen) atoms. The van der Waals surface area contributed by atoms with Crippen LogP contribution in [-0.4, -0.2) is 71.0 Å². The Kier molecular flexibility index (Phi) is 9.62. The van der Waals surface area contributed by atoms with Crippen molar-refractivity contribution in [2.45, 2.75) is 78.4 Å². The van der Waals surface area contributed by atoms with E-state index in [-0.39, 0.29) is 24.3 Å². The number of nitrogens with one attached hydrogen (secondary N) is 2. The molecule has 2 aliphatic heterocycles. The average Bonchev–Trinajstić information content (AvgIpc) is 3.53. The summed E-state index contributed by atoms with van der Waals surface area (Å²) in [6.45, 7) is 9.42. The lowest BCUT2D eigenvalue weighted by Crippen LogP contribution is -2.58. The van der Waals surface area contributed by atoms with Gasteiger partial charge in [0.2, 0.25) is 11.8 Å². The first kappa shape index (κ1) is 28.1. The fraction of sp³-hybridized carbons (Fsp3) is 0.577. The Morgan fingerprint density at radius 2 is 1.68 bits per heavy atom. The van der Waals surface area contributed by atoms with Crippen molar-refractivity contribution in [3.05, 3.63) is 35.9 Å². The second kappa shape index (κ2) is 12.7. The highest BCUT2D eigenvalue weighted by molar-refractivity contribution is 5.96. The number of hydroxylamine groups is 2. The van der Waals surface area contributed by atoms with Gasteiger partial charge in [-0.05, 0) is 37.2 Å². The molecule has 0 aliphatic carbocycles.